The predicted molar refractivity (Wildman–Crippen MR) is 77.6 cm³/mol. The Hall–Kier alpha value is -2.04. The third kappa shape index (κ3) is 2.03. The first-order valence-electron chi connectivity index (χ1n) is 5.34. The number of ketones is 2. The van der Waals surface area contributed by atoms with Gasteiger partial charge in [0.25, 0.3) is 0 Å². The first-order valence-corrected chi connectivity index (χ1v) is 5.34. The monoisotopic (exact) mass is 312 g/mol. The molecule has 0 heterocycles. The molecule has 1 aliphatic carbocycles. The van der Waals surface area contributed by atoms with Crippen molar-refractivity contribution in [1.29, 1.82) is 0 Å². The zero-order chi connectivity index (χ0) is 12.9. The van der Waals surface area contributed by atoms with E-state index in [0.29, 0.717) is 0 Å². The minimum Gasteiger partial charge on any atom is -0.507 e. The summed E-state index contributed by atoms with van der Waals surface area (Å²) in [7, 11) is 0. The number of phenols is 2. The smallest absolute Gasteiger partial charge is 0.198 e. The molecule has 0 aromatic heterocycles. The molecule has 104 valence electrons. The summed E-state index contributed by atoms with van der Waals surface area (Å²) in [6.07, 6.45) is 0. The van der Waals surface area contributed by atoms with E-state index in [4.69, 9.17) is 0 Å². The number of aromatic hydroxyl groups is 2. The third-order valence-corrected chi connectivity index (χ3v) is 3.03. The minimum atomic E-state index is -0.450. The standard InChI is InChI=1S/C14H8O4.2ClH/c15-9-5-6-10(16)12-11(9)13(17)7-3-1-2-4-8(7)14(12)18;;/h1-6,15-16H;2*1H. The minimum absolute atomic E-state index is 0. The van der Waals surface area contributed by atoms with Gasteiger partial charge in [-0.3, -0.25) is 9.59 Å². The van der Waals surface area contributed by atoms with Crippen molar-refractivity contribution in [2.24, 2.45) is 0 Å². The molecule has 0 unspecified atom stereocenters. The number of fused-ring (bicyclic) bond motifs is 2. The largest absolute Gasteiger partial charge is 0.507 e. The van der Waals surface area contributed by atoms with Gasteiger partial charge in [0, 0.05) is 11.1 Å². The zero-order valence-corrected chi connectivity index (χ0v) is 11.6. The van der Waals surface area contributed by atoms with Crippen molar-refractivity contribution < 1.29 is 19.8 Å². The van der Waals surface area contributed by atoms with Crippen molar-refractivity contribution >= 4 is 36.4 Å². The molecule has 0 radical (unpaired) electrons. The lowest BCUT2D eigenvalue weighted by molar-refractivity contribution is 0.0974. The average molecular weight is 313 g/mol. The highest BCUT2D eigenvalue weighted by Gasteiger charge is 2.33. The number of halogens is 2. The maximum absolute atomic E-state index is 12.2. The van der Waals surface area contributed by atoms with Crippen molar-refractivity contribution in [1.82, 2.24) is 0 Å². The Balaban J connectivity index is 0.000001000. The summed E-state index contributed by atoms with van der Waals surface area (Å²) in [5, 5.41) is 19.4. The molecule has 2 N–H and O–H groups in total. The van der Waals surface area contributed by atoms with E-state index in [9.17, 15) is 19.8 Å². The van der Waals surface area contributed by atoms with Crippen molar-refractivity contribution in [3.05, 3.63) is 58.7 Å². The summed E-state index contributed by atoms with van der Waals surface area (Å²) in [6, 6.07) is 8.76. The van der Waals surface area contributed by atoms with Crippen LogP contribution >= 0.6 is 24.8 Å². The second-order valence-electron chi connectivity index (χ2n) is 4.06. The second kappa shape index (κ2) is 5.53. The molecule has 0 atom stereocenters. The lowest BCUT2D eigenvalue weighted by Crippen LogP contribution is -2.20. The van der Waals surface area contributed by atoms with Gasteiger partial charge >= 0.3 is 0 Å². The zero-order valence-electron chi connectivity index (χ0n) is 9.99. The van der Waals surface area contributed by atoms with Crippen molar-refractivity contribution in [2.45, 2.75) is 0 Å². The van der Waals surface area contributed by atoms with E-state index < -0.39 is 11.6 Å². The number of benzene rings is 2. The molecule has 2 aromatic carbocycles. The molecule has 0 saturated heterocycles. The van der Waals surface area contributed by atoms with Crippen LogP contribution in [0.25, 0.3) is 0 Å². The van der Waals surface area contributed by atoms with Gasteiger partial charge in [0.2, 0.25) is 0 Å². The Bertz CT molecular complexity index is 650. The highest BCUT2D eigenvalue weighted by Crippen LogP contribution is 2.37. The highest BCUT2D eigenvalue weighted by molar-refractivity contribution is 6.30. The van der Waals surface area contributed by atoms with Gasteiger partial charge < -0.3 is 10.2 Å². The Morgan fingerprint density at radius 1 is 0.650 bits per heavy atom. The normalized spacial score (nSPS) is 11.8. The summed E-state index contributed by atoms with van der Waals surface area (Å²) in [5.41, 5.74) is 0.240. The number of carbonyl (C=O) groups excluding carboxylic acids is 2. The van der Waals surface area contributed by atoms with Gasteiger partial charge in [0.05, 0.1) is 11.1 Å². The summed E-state index contributed by atoms with van der Waals surface area (Å²) in [5.74, 6) is -1.49. The predicted octanol–water partition coefficient (Wildman–Crippen LogP) is 2.72. The van der Waals surface area contributed by atoms with E-state index >= 15 is 0 Å². The van der Waals surface area contributed by atoms with Gasteiger partial charge in [-0.25, -0.2) is 0 Å². The van der Waals surface area contributed by atoms with Crippen LogP contribution in [0.3, 0.4) is 0 Å². The van der Waals surface area contributed by atoms with E-state index in [2.05, 4.69) is 0 Å². The molecule has 0 fully saturated rings. The Morgan fingerprint density at radius 2 is 1.00 bits per heavy atom. The van der Waals surface area contributed by atoms with Crippen LogP contribution in [0.5, 0.6) is 11.5 Å². The molecular weight excluding hydrogens is 303 g/mol. The van der Waals surface area contributed by atoms with Crippen molar-refractivity contribution in [3.8, 4) is 11.5 Å². The molecule has 0 amide bonds. The Labute approximate surface area is 126 Å². The van der Waals surface area contributed by atoms with Gasteiger partial charge in [0.1, 0.15) is 11.5 Å². The first-order chi connectivity index (χ1) is 8.61. The van der Waals surface area contributed by atoms with Gasteiger partial charge in [0.15, 0.2) is 11.6 Å². The maximum Gasteiger partial charge on any atom is 0.198 e. The fraction of sp³-hybridized carbons (Fsp3) is 0. The Morgan fingerprint density at radius 3 is 1.35 bits per heavy atom. The third-order valence-electron chi connectivity index (χ3n) is 3.03. The lowest BCUT2D eigenvalue weighted by atomic mass is 9.83. The second-order valence-corrected chi connectivity index (χ2v) is 4.06. The van der Waals surface area contributed by atoms with Crippen LogP contribution in [0.4, 0.5) is 0 Å². The van der Waals surface area contributed by atoms with Crippen LogP contribution in [0.1, 0.15) is 31.8 Å². The first kappa shape index (κ1) is 16.0. The Kier molecular flexibility index (Phi) is 4.43. The maximum atomic E-state index is 12.2. The van der Waals surface area contributed by atoms with E-state index in [0.717, 1.165) is 0 Å². The van der Waals surface area contributed by atoms with Crippen LogP contribution in [0, 0.1) is 0 Å². The fourth-order valence-corrected chi connectivity index (χ4v) is 2.19. The molecule has 6 heteroatoms. The quantitative estimate of drug-likeness (QED) is 0.626. The average Bonchev–Trinajstić information content (AvgIpc) is 2.38. The number of hydrogen-bond acceptors (Lipinski definition) is 4. The molecule has 0 saturated carbocycles. The van der Waals surface area contributed by atoms with Crippen LogP contribution in [-0.4, -0.2) is 21.8 Å². The van der Waals surface area contributed by atoms with Crippen molar-refractivity contribution in [2.75, 3.05) is 0 Å². The summed E-state index contributed by atoms with van der Waals surface area (Å²) in [6.45, 7) is 0. The molecular formula is C14H10Cl2O4. The molecule has 20 heavy (non-hydrogen) atoms. The van der Waals surface area contributed by atoms with E-state index in [1.165, 1.54) is 24.3 Å². The van der Waals surface area contributed by atoms with Gasteiger partial charge in [-0.05, 0) is 12.1 Å². The topological polar surface area (TPSA) is 74.6 Å². The molecule has 2 aromatic rings. The van der Waals surface area contributed by atoms with Gasteiger partial charge in [-0.15, -0.1) is 24.8 Å². The highest BCUT2D eigenvalue weighted by atomic mass is 35.5. The number of carbonyl (C=O) groups is 2. The number of rotatable bonds is 0. The molecule has 0 spiro atoms. The van der Waals surface area contributed by atoms with Gasteiger partial charge in [-0.1, -0.05) is 24.3 Å². The van der Waals surface area contributed by atoms with E-state index in [1.807, 2.05) is 0 Å². The van der Waals surface area contributed by atoms with Crippen LogP contribution in [0.15, 0.2) is 36.4 Å². The van der Waals surface area contributed by atoms with Gasteiger partial charge in [-0.2, -0.15) is 0 Å². The fourth-order valence-electron chi connectivity index (χ4n) is 2.19. The summed E-state index contributed by atoms with van der Waals surface area (Å²) >= 11 is 0. The SMILES string of the molecule is Cl.Cl.O=C1c2ccccc2C(=O)c2c(O)ccc(O)c21. The summed E-state index contributed by atoms with van der Waals surface area (Å²) in [4.78, 5) is 24.4. The molecule has 0 bridgehead atoms. The van der Waals surface area contributed by atoms with Crippen LogP contribution in [0.2, 0.25) is 0 Å². The summed E-state index contributed by atoms with van der Waals surface area (Å²) < 4.78 is 0. The lowest BCUT2D eigenvalue weighted by Gasteiger charge is -2.18. The van der Waals surface area contributed by atoms with Crippen LogP contribution in [-0.2, 0) is 0 Å². The molecule has 1 aliphatic rings. The number of phenolic OH excluding ortho intramolecular Hbond substituents is 2. The number of hydrogen-bond donors (Lipinski definition) is 2. The van der Waals surface area contributed by atoms with Crippen molar-refractivity contribution in [3.63, 3.8) is 0 Å². The molecule has 3 rings (SSSR count). The molecule has 0 aliphatic heterocycles. The molecule has 4 nitrogen and oxygen atoms in total. The van der Waals surface area contributed by atoms with E-state index in [-0.39, 0.29) is 58.6 Å². The van der Waals surface area contributed by atoms with E-state index in [1.54, 1.807) is 12.1 Å². The van der Waals surface area contributed by atoms with Crippen LogP contribution < -0.4 is 0 Å².